The molecule has 0 amide bonds. The van der Waals surface area contributed by atoms with Crippen LogP contribution >= 0.6 is 15.9 Å². The van der Waals surface area contributed by atoms with Gasteiger partial charge >= 0.3 is 12.1 Å². The molecule has 0 spiro atoms. The first-order valence-electron chi connectivity index (χ1n) is 4.97. The smallest absolute Gasteiger partial charge is 0.438 e. The Hall–Kier alpha value is -1.48. The van der Waals surface area contributed by atoms with E-state index in [1.807, 2.05) is 0 Å². The molecular formula is C10H10BrF3N3O2+. The Morgan fingerprint density at radius 3 is 2.68 bits per heavy atom. The highest BCUT2D eigenvalue weighted by atomic mass is 79.9. The van der Waals surface area contributed by atoms with Crippen molar-refractivity contribution in [2.24, 2.45) is 0 Å². The van der Waals surface area contributed by atoms with Gasteiger partial charge in [0.25, 0.3) is 0 Å². The summed E-state index contributed by atoms with van der Waals surface area (Å²) in [6, 6.07) is 1.16. The molecule has 0 aromatic carbocycles. The molecule has 0 saturated heterocycles. The van der Waals surface area contributed by atoms with Gasteiger partial charge in [-0.05, 0) is 15.9 Å². The zero-order chi connectivity index (χ0) is 14.6. The van der Waals surface area contributed by atoms with Crippen LogP contribution in [0.3, 0.4) is 0 Å². The topological polar surface area (TPSA) is 79.6 Å². The Morgan fingerprint density at radius 1 is 1.58 bits per heavy atom. The fourth-order valence-corrected chi connectivity index (χ4v) is 1.60. The van der Waals surface area contributed by atoms with Crippen molar-refractivity contribution in [2.75, 3.05) is 13.7 Å². The number of aromatic nitrogens is 1. The molecule has 5 nitrogen and oxygen atoms in total. The van der Waals surface area contributed by atoms with Crippen LogP contribution in [0.2, 0.25) is 0 Å². The number of methoxy groups -OCH3 is 1. The zero-order valence-corrected chi connectivity index (χ0v) is 11.3. The number of nitrogens with one attached hydrogen (secondary N) is 1. The number of nitrogens with two attached hydrogens (primary N) is 1. The first kappa shape index (κ1) is 15.6. The lowest BCUT2D eigenvalue weighted by Gasteiger charge is -2.09. The maximum Gasteiger partial charge on any atom is 0.438 e. The van der Waals surface area contributed by atoms with Gasteiger partial charge in [-0.3, -0.25) is 5.41 Å². The van der Waals surface area contributed by atoms with Gasteiger partial charge in [0.1, 0.15) is 10.3 Å². The van der Waals surface area contributed by atoms with Crippen LogP contribution < -0.4 is 5.32 Å². The number of nitrogens with zero attached hydrogens (tertiary/aromatic N) is 1. The van der Waals surface area contributed by atoms with Crippen molar-refractivity contribution in [3.63, 3.8) is 0 Å². The number of hydrogen-bond acceptors (Lipinski definition) is 4. The number of esters is 1. The average molecular weight is 341 g/mol. The van der Waals surface area contributed by atoms with Crippen LogP contribution in [0.4, 0.5) is 18.9 Å². The number of halogens is 4. The van der Waals surface area contributed by atoms with Crippen molar-refractivity contribution in [3.05, 3.63) is 23.5 Å². The van der Waals surface area contributed by atoms with Gasteiger partial charge in [-0.1, -0.05) is 0 Å². The van der Waals surface area contributed by atoms with Gasteiger partial charge in [0.2, 0.25) is 0 Å². The fourth-order valence-electron chi connectivity index (χ4n) is 1.27. The standard InChI is InChI=1S/C10H9BrF3N3O2/c1-19-9(18)7-2-6(17-4-10(12,13)14)5(3-16-7)8(11)15/h2-3,15H,4H2,1H3,(H,16,17)/p+1. The fraction of sp³-hybridized carbons (Fsp3) is 0.300. The molecule has 104 valence electrons. The minimum atomic E-state index is -4.36. The summed E-state index contributed by atoms with van der Waals surface area (Å²) in [4.78, 5) is 15.0. The van der Waals surface area contributed by atoms with Crippen molar-refractivity contribution in [1.29, 1.82) is 5.41 Å². The Kier molecular flexibility index (Phi) is 5.01. The van der Waals surface area contributed by atoms with Crippen LogP contribution in [-0.2, 0) is 4.74 Å². The van der Waals surface area contributed by atoms with Crippen molar-refractivity contribution < 1.29 is 28.0 Å². The molecule has 0 fully saturated rings. The Balaban J connectivity index is 3.09. The first-order valence-corrected chi connectivity index (χ1v) is 5.76. The minimum absolute atomic E-state index is 0.0922. The van der Waals surface area contributed by atoms with E-state index in [0.29, 0.717) is 0 Å². The summed E-state index contributed by atoms with van der Waals surface area (Å²) in [5.74, 6) is -0.755. The van der Waals surface area contributed by atoms with Crippen LogP contribution in [0, 0.1) is 5.41 Å². The van der Waals surface area contributed by atoms with E-state index in [2.05, 4.69) is 25.7 Å². The minimum Gasteiger partial charge on any atom is -0.464 e. The zero-order valence-electron chi connectivity index (χ0n) is 9.71. The summed E-state index contributed by atoms with van der Waals surface area (Å²) < 4.78 is 40.9. The third-order valence-electron chi connectivity index (χ3n) is 2.12. The monoisotopic (exact) mass is 340 g/mol. The SMILES string of the molecule is COC(=O)c1cc([NH2+]CC(F)(F)F)c(C(=N)Br)cn1. The first-order chi connectivity index (χ1) is 8.74. The molecule has 0 aliphatic rings. The summed E-state index contributed by atoms with van der Waals surface area (Å²) in [5.41, 5.74) is 0.139. The van der Waals surface area contributed by atoms with E-state index in [-0.39, 0.29) is 21.6 Å². The molecule has 1 aromatic rings. The van der Waals surface area contributed by atoms with E-state index >= 15 is 0 Å². The van der Waals surface area contributed by atoms with Crippen LogP contribution in [0.5, 0.6) is 0 Å². The number of ether oxygens (including phenoxy) is 1. The quantitative estimate of drug-likeness (QED) is 0.641. The van der Waals surface area contributed by atoms with E-state index in [1.165, 1.54) is 0 Å². The number of rotatable bonds is 4. The Labute approximate surface area is 114 Å². The van der Waals surface area contributed by atoms with Crippen molar-refractivity contribution in [3.8, 4) is 0 Å². The van der Waals surface area contributed by atoms with Gasteiger partial charge in [-0.15, -0.1) is 0 Å². The molecular weight excluding hydrogens is 331 g/mol. The van der Waals surface area contributed by atoms with E-state index in [4.69, 9.17) is 5.41 Å². The summed E-state index contributed by atoms with van der Waals surface area (Å²) in [7, 11) is 1.14. The summed E-state index contributed by atoms with van der Waals surface area (Å²) in [6.45, 7) is -1.16. The van der Waals surface area contributed by atoms with Crippen LogP contribution in [0.25, 0.3) is 0 Å². The number of alkyl halides is 3. The van der Waals surface area contributed by atoms with Crippen molar-refractivity contribution in [1.82, 2.24) is 4.98 Å². The van der Waals surface area contributed by atoms with E-state index < -0.39 is 18.7 Å². The molecule has 0 bridgehead atoms. The average Bonchev–Trinajstić information content (AvgIpc) is 2.34. The lowest BCUT2D eigenvalue weighted by molar-refractivity contribution is -0.600. The normalized spacial score (nSPS) is 11.2. The molecule has 0 atom stereocenters. The maximum atomic E-state index is 12.2. The van der Waals surface area contributed by atoms with Crippen molar-refractivity contribution >= 4 is 32.2 Å². The molecule has 0 unspecified atom stereocenters. The maximum absolute atomic E-state index is 12.2. The molecule has 19 heavy (non-hydrogen) atoms. The third-order valence-corrected chi connectivity index (χ3v) is 2.55. The molecule has 0 saturated carbocycles. The highest BCUT2D eigenvalue weighted by Gasteiger charge is 2.31. The molecule has 0 aliphatic heterocycles. The van der Waals surface area contributed by atoms with Crippen LogP contribution in [-0.4, -0.2) is 35.4 Å². The molecule has 1 aromatic heterocycles. The van der Waals surface area contributed by atoms with Gasteiger partial charge in [0.15, 0.2) is 12.2 Å². The molecule has 3 N–H and O–H groups in total. The van der Waals surface area contributed by atoms with Crippen LogP contribution in [0.1, 0.15) is 16.1 Å². The Morgan fingerprint density at radius 2 is 2.21 bits per heavy atom. The number of pyridine rings is 1. The predicted molar refractivity (Wildman–Crippen MR) is 63.8 cm³/mol. The Bertz CT molecular complexity index is 505. The number of hydrogen-bond donors (Lipinski definition) is 2. The van der Waals surface area contributed by atoms with E-state index in [1.54, 1.807) is 0 Å². The molecule has 1 rings (SSSR count). The largest absolute Gasteiger partial charge is 0.464 e. The summed E-state index contributed by atoms with van der Waals surface area (Å²) in [5, 5.41) is 8.28. The lowest BCUT2D eigenvalue weighted by Crippen LogP contribution is -2.81. The van der Waals surface area contributed by atoms with Gasteiger partial charge in [0, 0.05) is 12.3 Å². The molecule has 0 radical (unpaired) electrons. The second-order valence-electron chi connectivity index (χ2n) is 3.49. The molecule has 9 heteroatoms. The van der Waals surface area contributed by atoms with Crippen molar-refractivity contribution in [2.45, 2.75) is 6.18 Å². The van der Waals surface area contributed by atoms with Gasteiger partial charge in [0.05, 0.1) is 12.7 Å². The van der Waals surface area contributed by atoms with E-state index in [0.717, 1.165) is 24.7 Å². The summed E-state index contributed by atoms with van der Waals surface area (Å²) >= 11 is 2.86. The highest BCUT2D eigenvalue weighted by molar-refractivity contribution is 9.18. The summed E-state index contributed by atoms with van der Waals surface area (Å²) in [6.07, 6.45) is -3.22. The van der Waals surface area contributed by atoms with Gasteiger partial charge in [-0.2, -0.15) is 13.2 Å². The second kappa shape index (κ2) is 6.11. The van der Waals surface area contributed by atoms with Crippen LogP contribution in [0.15, 0.2) is 12.3 Å². The number of quaternary nitrogens is 1. The van der Waals surface area contributed by atoms with E-state index in [9.17, 15) is 18.0 Å². The highest BCUT2D eigenvalue weighted by Crippen LogP contribution is 2.16. The van der Waals surface area contributed by atoms with Gasteiger partial charge in [-0.25, -0.2) is 9.78 Å². The number of carbonyl (C=O) groups is 1. The number of carbonyl (C=O) groups excluding carboxylic acids is 1. The predicted octanol–water partition coefficient (Wildman–Crippen LogP) is 1.35. The third kappa shape index (κ3) is 4.60. The molecule has 1 heterocycles. The second-order valence-corrected chi connectivity index (χ2v) is 4.28. The lowest BCUT2D eigenvalue weighted by atomic mass is 10.2. The molecule has 0 aliphatic carbocycles. The van der Waals surface area contributed by atoms with Gasteiger partial charge < -0.3 is 10.1 Å².